The molecule has 0 aromatic heterocycles. The van der Waals surface area contributed by atoms with Crippen LogP contribution >= 0.6 is 11.6 Å². The molecular formula is C19H28ClN3O3. The fourth-order valence-corrected chi connectivity index (χ4v) is 3.39. The Bertz CT molecular complexity index is 576. The van der Waals surface area contributed by atoms with Crippen LogP contribution in [0, 0.1) is 0 Å². The smallest absolute Gasteiger partial charge is 0.194 e. The van der Waals surface area contributed by atoms with Crippen molar-refractivity contribution in [2.24, 2.45) is 4.99 Å². The number of benzene rings is 1. The van der Waals surface area contributed by atoms with Crippen molar-refractivity contribution in [2.45, 2.75) is 32.0 Å². The summed E-state index contributed by atoms with van der Waals surface area (Å²) in [6.45, 7) is 7.23. The predicted molar refractivity (Wildman–Crippen MR) is 103 cm³/mol. The molecule has 2 fully saturated rings. The van der Waals surface area contributed by atoms with Gasteiger partial charge in [0.25, 0.3) is 0 Å². The summed E-state index contributed by atoms with van der Waals surface area (Å²) in [5.41, 5.74) is 0. The van der Waals surface area contributed by atoms with Gasteiger partial charge in [0, 0.05) is 31.3 Å². The second-order valence-electron chi connectivity index (χ2n) is 6.44. The van der Waals surface area contributed by atoms with Gasteiger partial charge in [-0.15, -0.1) is 0 Å². The summed E-state index contributed by atoms with van der Waals surface area (Å²) in [4.78, 5) is 6.98. The van der Waals surface area contributed by atoms with E-state index in [1.807, 2.05) is 24.3 Å². The topological polar surface area (TPSA) is 55.3 Å². The van der Waals surface area contributed by atoms with E-state index < -0.39 is 0 Å². The van der Waals surface area contributed by atoms with Crippen LogP contribution in [0.15, 0.2) is 29.3 Å². The fraction of sp³-hybridized carbons (Fsp3) is 0.632. The molecule has 2 aliphatic heterocycles. The maximum atomic E-state index is 5.93. The number of rotatable bonds is 6. The van der Waals surface area contributed by atoms with Crippen LogP contribution in [0.5, 0.6) is 5.75 Å². The quantitative estimate of drug-likeness (QED) is 0.466. The Morgan fingerprint density at radius 3 is 2.81 bits per heavy atom. The number of nitrogens with one attached hydrogen (secondary N) is 1. The monoisotopic (exact) mass is 381 g/mol. The standard InChI is InChI=1S/C19H28ClN3O3/c1-2-21-19(22-9-12-24-16-7-5-15(20)6-8-16)23-10-13-26-18(14-23)17-4-3-11-25-17/h5-8,17-18H,2-4,9-14H2,1H3,(H,21,22). The Morgan fingerprint density at radius 2 is 2.08 bits per heavy atom. The van der Waals surface area contributed by atoms with Gasteiger partial charge >= 0.3 is 0 Å². The predicted octanol–water partition coefficient (Wildman–Crippen LogP) is 2.56. The van der Waals surface area contributed by atoms with Gasteiger partial charge in [0.1, 0.15) is 18.5 Å². The number of guanidine groups is 1. The van der Waals surface area contributed by atoms with E-state index in [4.69, 9.17) is 30.8 Å². The van der Waals surface area contributed by atoms with Crippen LogP contribution in [0.25, 0.3) is 0 Å². The Balaban J connectivity index is 1.51. The van der Waals surface area contributed by atoms with Gasteiger partial charge in [0.05, 0.1) is 19.3 Å². The van der Waals surface area contributed by atoms with Crippen molar-refractivity contribution in [1.29, 1.82) is 0 Å². The molecule has 2 heterocycles. The molecule has 1 aromatic carbocycles. The van der Waals surface area contributed by atoms with E-state index in [1.54, 1.807) is 0 Å². The number of nitrogens with zero attached hydrogens (tertiary/aromatic N) is 2. The van der Waals surface area contributed by atoms with Crippen LogP contribution in [-0.2, 0) is 9.47 Å². The highest BCUT2D eigenvalue weighted by Gasteiger charge is 2.32. The summed E-state index contributed by atoms with van der Waals surface area (Å²) in [6, 6.07) is 7.38. The summed E-state index contributed by atoms with van der Waals surface area (Å²) in [5, 5.41) is 4.08. The number of ether oxygens (including phenoxy) is 3. The lowest BCUT2D eigenvalue weighted by atomic mass is 10.1. The minimum absolute atomic E-state index is 0.125. The second kappa shape index (κ2) is 10.00. The average molecular weight is 382 g/mol. The molecule has 2 atom stereocenters. The Kier molecular flexibility index (Phi) is 7.41. The van der Waals surface area contributed by atoms with Crippen molar-refractivity contribution in [3.05, 3.63) is 29.3 Å². The summed E-state index contributed by atoms with van der Waals surface area (Å²) in [5.74, 6) is 1.72. The molecule has 0 spiro atoms. The van der Waals surface area contributed by atoms with Gasteiger partial charge in [0.15, 0.2) is 5.96 Å². The molecule has 2 unspecified atom stereocenters. The number of morpholine rings is 1. The van der Waals surface area contributed by atoms with Crippen LogP contribution in [0.1, 0.15) is 19.8 Å². The summed E-state index contributed by atoms with van der Waals surface area (Å²) in [7, 11) is 0. The normalized spacial score (nSPS) is 23.9. The molecule has 7 heteroatoms. The molecule has 2 saturated heterocycles. The van der Waals surface area contributed by atoms with Crippen LogP contribution in [0.3, 0.4) is 0 Å². The zero-order chi connectivity index (χ0) is 18.2. The highest BCUT2D eigenvalue weighted by Crippen LogP contribution is 2.21. The van der Waals surface area contributed by atoms with Gasteiger partial charge in [-0.1, -0.05) is 11.6 Å². The molecule has 3 rings (SSSR count). The molecule has 0 aliphatic carbocycles. The van der Waals surface area contributed by atoms with Gasteiger partial charge in [-0.25, -0.2) is 4.99 Å². The lowest BCUT2D eigenvalue weighted by Gasteiger charge is -2.37. The van der Waals surface area contributed by atoms with Crippen molar-refractivity contribution in [3.63, 3.8) is 0 Å². The van der Waals surface area contributed by atoms with Crippen LogP contribution in [0.2, 0.25) is 5.02 Å². The van der Waals surface area contributed by atoms with Crippen molar-refractivity contribution in [3.8, 4) is 5.75 Å². The highest BCUT2D eigenvalue weighted by atomic mass is 35.5. The maximum Gasteiger partial charge on any atom is 0.194 e. The van der Waals surface area contributed by atoms with Crippen molar-refractivity contribution >= 4 is 17.6 Å². The molecule has 1 N–H and O–H groups in total. The molecule has 0 radical (unpaired) electrons. The van der Waals surface area contributed by atoms with Crippen LogP contribution in [-0.4, -0.2) is 69.1 Å². The van der Waals surface area contributed by atoms with Crippen molar-refractivity contribution < 1.29 is 14.2 Å². The number of hydrogen-bond acceptors (Lipinski definition) is 4. The van der Waals surface area contributed by atoms with Crippen molar-refractivity contribution in [2.75, 3.05) is 46.0 Å². The first-order valence-electron chi connectivity index (χ1n) is 9.41. The number of halogens is 1. The van der Waals surface area contributed by atoms with E-state index in [9.17, 15) is 0 Å². The zero-order valence-corrected chi connectivity index (χ0v) is 16.1. The van der Waals surface area contributed by atoms with Gasteiger partial charge in [0.2, 0.25) is 0 Å². The van der Waals surface area contributed by atoms with Gasteiger partial charge < -0.3 is 24.4 Å². The van der Waals surface area contributed by atoms with E-state index in [0.717, 1.165) is 50.8 Å². The second-order valence-corrected chi connectivity index (χ2v) is 6.88. The maximum absolute atomic E-state index is 5.93. The number of aliphatic imine (C=N–C) groups is 1. The van der Waals surface area contributed by atoms with E-state index in [-0.39, 0.29) is 12.2 Å². The van der Waals surface area contributed by atoms with Crippen LogP contribution in [0.4, 0.5) is 0 Å². The molecule has 6 nitrogen and oxygen atoms in total. The Labute approximate surface area is 160 Å². The Hall–Kier alpha value is -1.50. The summed E-state index contributed by atoms with van der Waals surface area (Å²) >= 11 is 5.88. The van der Waals surface area contributed by atoms with Gasteiger partial charge in [-0.2, -0.15) is 0 Å². The molecule has 144 valence electrons. The SMILES string of the molecule is CCNC(=NCCOc1ccc(Cl)cc1)N1CCOC(C2CCCO2)C1. The third kappa shape index (κ3) is 5.50. The van der Waals surface area contributed by atoms with Crippen molar-refractivity contribution in [1.82, 2.24) is 10.2 Å². The largest absolute Gasteiger partial charge is 0.492 e. The van der Waals surface area contributed by atoms with E-state index >= 15 is 0 Å². The van der Waals surface area contributed by atoms with E-state index in [1.165, 1.54) is 0 Å². The lowest BCUT2D eigenvalue weighted by molar-refractivity contribution is -0.0817. The third-order valence-corrected chi connectivity index (χ3v) is 4.79. The average Bonchev–Trinajstić information content (AvgIpc) is 3.21. The molecular weight excluding hydrogens is 354 g/mol. The zero-order valence-electron chi connectivity index (χ0n) is 15.3. The summed E-state index contributed by atoms with van der Waals surface area (Å²) in [6.07, 6.45) is 2.55. The summed E-state index contributed by atoms with van der Waals surface area (Å²) < 4.78 is 17.4. The molecule has 0 saturated carbocycles. The van der Waals surface area contributed by atoms with Gasteiger partial charge in [-0.3, -0.25) is 0 Å². The first kappa shape index (κ1) is 19.3. The Morgan fingerprint density at radius 1 is 1.27 bits per heavy atom. The molecule has 0 bridgehead atoms. The molecule has 1 aromatic rings. The van der Waals surface area contributed by atoms with E-state index in [2.05, 4.69) is 17.1 Å². The minimum atomic E-state index is 0.125. The van der Waals surface area contributed by atoms with Gasteiger partial charge in [-0.05, 0) is 44.0 Å². The first-order valence-corrected chi connectivity index (χ1v) is 9.79. The minimum Gasteiger partial charge on any atom is -0.492 e. The number of hydrogen-bond donors (Lipinski definition) is 1. The molecule has 26 heavy (non-hydrogen) atoms. The molecule has 2 aliphatic rings. The third-order valence-electron chi connectivity index (χ3n) is 4.54. The first-order chi connectivity index (χ1) is 12.8. The fourth-order valence-electron chi connectivity index (χ4n) is 3.26. The van der Waals surface area contributed by atoms with E-state index in [0.29, 0.717) is 24.8 Å². The van der Waals surface area contributed by atoms with Crippen LogP contribution < -0.4 is 10.1 Å². The highest BCUT2D eigenvalue weighted by molar-refractivity contribution is 6.30. The lowest BCUT2D eigenvalue weighted by Crippen LogP contribution is -2.53. The molecule has 0 amide bonds.